The molecule has 0 atom stereocenters. The van der Waals surface area contributed by atoms with Gasteiger partial charge >= 0.3 is 0 Å². The van der Waals surface area contributed by atoms with Gasteiger partial charge in [-0.25, -0.2) is 0 Å². The van der Waals surface area contributed by atoms with Crippen LogP contribution in [0.3, 0.4) is 0 Å². The van der Waals surface area contributed by atoms with E-state index in [0.717, 1.165) is 0 Å². The highest BCUT2D eigenvalue weighted by Crippen LogP contribution is 2.37. The van der Waals surface area contributed by atoms with Crippen LogP contribution in [0.15, 0.2) is 134 Å². The molecular formula is C35H22N3S+. The van der Waals surface area contributed by atoms with Crippen molar-refractivity contribution in [1.82, 2.24) is 9.24 Å². The van der Waals surface area contributed by atoms with Crippen molar-refractivity contribution in [3.05, 3.63) is 134 Å². The summed E-state index contributed by atoms with van der Waals surface area (Å²) in [5.41, 5.74) is 6.07. The lowest BCUT2D eigenvalue weighted by Crippen LogP contribution is -2.41. The summed E-state index contributed by atoms with van der Waals surface area (Å²) in [6.07, 6.45) is 2.18. The molecule has 0 N–H and O–H groups in total. The highest BCUT2D eigenvalue weighted by Gasteiger charge is 2.22. The maximum Gasteiger partial charge on any atom is 0.299 e. The van der Waals surface area contributed by atoms with Crippen molar-refractivity contribution in [2.24, 2.45) is 0 Å². The molecule has 9 aromatic rings. The van der Waals surface area contributed by atoms with E-state index in [9.17, 15) is 0 Å². The summed E-state index contributed by atoms with van der Waals surface area (Å²) in [5.74, 6) is 0. The molecule has 5 aromatic carbocycles. The summed E-state index contributed by atoms with van der Waals surface area (Å²) in [4.78, 5) is 1.23. The van der Waals surface area contributed by atoms with Gasteiger partial charge in [0.25, 0.3) is 4.83 Å². The number of benzene rings is 5. The summed E-state index contributed by atoms with van der Waals surface area (Å²) >= 11 is 1.85. The van der Waals surface area contributed by atoms with Crippen molar-refractivity contribution >= 4 is 75.3 Å². The van der Waals surface area contributed by atoms with Crippen LogP contribution in [0.4, 0.5) is 0 Å². The fraction of sp³-hybridized carbons (Fsp3) is 0. The van der Waals surface area contributed by atoms with Gasteiger partial charge < -0.3 is 4.57 Å². The zero-order chi connectivity index (χ0) is 25.5. The van der Waals surface area contributed by atoms with E-state index in [4.69, 9.17) is 0 Å². The van der Waals surface area contributed by atoms with Gasteiger partial charge in [0.15, 0.2) is 0 Å². The first-order valence-electron chi connectivity index (χ1n) is 13.2. The van der Waals surface area contributed by atoms with Crippen LogP contribution in [-0.4, -0.2) is 9.24 Å². The molecule has 0 aliphatic carbocycles. The molecule has 182 valence electrons. The molecule has 3 nitrogen and oxygen atoms in total. The topological polar surface area (TPSA) is 13.7 Å². The smallest absolute Gasteiger partial charge is 0.299 e. The van der Waals surface area contributed by atoms with Crippen LogP contribution >= 0.6 is 11.3 Å². The van der Waals surface area contributed by atoms with Crippen LogP contribution < -0.4 is 4.68 Å². The Balaban J connectivity index is 1.34. The van der Waals surface area contributed by atoms with E-state index in [-0.39, 0.29) is 0 Å². The minimum absolute atomic E-state index is 1.19. The molecule has 0 amide bonds. The van der Waals surface area contributed by atoms with Gasteiger partial charge in [-0.05, 0) is 48.5 Å². The Hall–Kier alpha value is -4.93. The van der Waals surface area contributed by atoms with Gasteiger partial charge in [-0.15, -0.1) is 4.68 Å². The third-order valence-corrected chi connectivity index (χ3v) is 9.17. The lowest BCUT2D eigenvalue weighted by molar-refractivity contribution is -0.693. The van der Waals surface area contributed by atoms with Crippen LogP contribution in [0.2, 0.25) is 0 Å². The molecule has 4 heteroatoms. The van der Waals surface area contributed by atoms with Gasteiger partial charge in [0, 0.05) is 43.4 Å². The average molecular weight is 517 g/mol. The molecule has 0 aliphatic rings. The Labute approximate surface area is 228 Å². The summed E-state index contributed by atoms with van der Waals surface area (Å²) in [7, 11) is 0. The van der Waals surface area contributed by atoms with Crippen molar-refractivity contribution in [3.63, 3.8) is 0 Å². The second-order valence-electron chi connectivity index (χ2n) is 10.1. The number of fused-ring (bicyclic) bond motifs is 9. The molecule has 0 aliphatic heterocycles. The van der Waals surface area contributed by atoms with Crippen LogP contribution in [0, 0.1) is 0 Å². The van der Waals surface area contributed by atoms with Crippen molar-refractivity contribution in [1.29, 1.82) is 0 Å². The fourth-order valence-corrected chi connectivity index (χ4v) is 7.49. The maximum absolute atomic E-state index is 2.40. The van der Waals surface area contributed by atoms with Crippen molar-refractivity contribution in [3.8, 4) is 5.69 Å². The Bertz CT molecular complexity index is 2300. The van der Waals surface area contributed by atoms with E-state index in [2.05, 4.69) is 148 Å². The van der Waals surface area contributed by atoms with Crippen molar-refractivity contribution in [2.45, 2.75) is 0 Å². The number of para-hydroxylation sites is 4. The van der Waals surface area contributed by atoms with Crippen LogP contribution in [0.1, 0.15) is 0 Å². The van der Waals surface area contributed by atoms with Crippen molar-refractivity contribution < 1.29 is 4.68 Å². The highest BCUT2D eigenvalue weighted by molar-refractivity contribution is 7.25. The minimum atomic E-state index is 1.19. The Kier molecular flexibility index (Phi) is 4.21. The summed E-state index contributed by atoms with van der Waals surface area (Å²) < 4.78 is 8.37. The lowest BCUT2D eigenvalue weighted by Gasteiger charge is -2.08. The monoisotopic (exact) mass is 516 g/mol. The normalized spacial score (nSPS) is 12.1. The number of nitrogens with zero attached hydrogens (tertiary/aromatic N) is 3. The van der Waals surface area contributed by atoms with Gasteiger partial charge in [-0.2, -0.15) is 0 Å². The molecule has 0 unspecified atom stereocenters. The van der Waals surface area contributed by atoms with Crippen LogP contribution in [-0.2, 0) is 0 Å². The maximum atomic E-state index is 2.40. The van der Waals surface area contributed by atoms with E-state index >= 15 is 0 Å². The standard InChI is InChI=1S/C35H22N3S/c1-5-15-30-24(10-1)25-11-2-6-16-31(25)37(30)23-19-20-34-29(22-23)28-14-9-21-36(35(28)39-34)38-32-17-7-3-12-26(32)27-13-4-8-18-33(27)38/h1-22H/q+1. The number of aromatic nitrogens is 3. The van der Waals surface area contributed by atoms with Gasteiger partial charge in [0.05, 0.1) is 16.4 Å². The molecular weight excluding hydrogens is 494 g/mol. The average Bonchev–Trinajstić information content (AvgIpc) is 3.65. The number of thiophene rings is 1. The van der Waals surface area contributed by atoms with E-state index in [1.54, 1.807) is 0 Å². The molecule has 0 fully saturated rings. The number of hydrogen-bond acceptors (Lipinski definition) is 1. The number of rotatable bonds is 2. The summed E-state index contributed by atoms with van der Waals surface area (Å²) in [5, 5.41) is 7.66. The van der Waals surface area contributed by atoms with Gasteiger partial charge in [-0.1, -0.05) is 88.8 Å². The summed E-state index contributed by atoms with van der Waals surface area (Å²) in [6, 6.07) is 46.1. The highest BCUT2D eigenvalue weighted by atomic mass is 32.1. The van der Waals surface area contributed by atoms with Gasteiger partial charge in [0.1, 0.15) is 11.0 Å². The molecule has 0 bridgehead atoms. The van der Waals surface area contributed by atoms with E-state index in [1.807, 2.05) is 11.3 Å². The second kappa shape index (κ2) is 7.79. The minimum Gasteiger partial charge on any atom is -0.309 e. The Morgan fingerprint density at radius 3 is 1.59 bits per heavy atom. The molecule has 9 rings (SSSR count). The molecule has 0 saturated heterocycles. The fourth-order valence-electron chi connectivity index (χ4n) is 6.34. The molecule has 0 radical (unpaired) electrons. The zero-order valence-corrected chi connectivity index (χ0v) is 21.8. The largest absolute Gasteiger partial charge is 0.309 e. The first-order chi connectivity index (χ1) is 19.4. The predicted octanol–water partition coefficient (Wildman–Crippen LogP) is 8.86. The van der Waals surface area contributed by atoms with E-state index in [0.29, 0.717) is 0 Å². The Morgan fingerprint density at radius 1 is 0.462 bits per heavy atom. The number of hydrogen-bond donors (Lipinski definition) is 0. The summed E-state index contributed by atoms with van der Waals surface area (Å²) in [6.45, 7) is 0. The van der Waals surface area contributed by atoms with Crippen LogP contribution in [0.25, 0.3) is 69.6 Å². The third-order valence-electron chi connectivity index (χ3n) is 8.00. The first kappa shape index (κ1) is 21.1. The Morgan fingerprint density at radius 2 is 0.974 bits per heavy atom. The molecule has 39 heavy (non-hydrogen) atoms. The quantitative estimate of drug-likeness (QED) is 0.204. The molecule has 4 heterocycles. The molecule has 0 saturated carbocycles. The number of pyridine rings is 1. The van der Waals surface area contributed by atoms with Gasteiger partial charge in [0.2, 0.25) is 6.20 Å². The lowest BCUT2D eigenvalue weighted by atomic mass is 10.1. The van der Waals surface area contributed by atoms with Crippen LogP contribution in [0.5, 0.6) is 0 Å². The van der Waals surface area contributed by atoms with Crippen molar-refractivity contribution in [2.75, 3.05) is 0 Å². The SMILES string of the molecule is c1ccc2c(c1)c1ccccc1n2-c1ccc2sc3c(ccc[n+]3-n3c4ccccc4c4ccccc43)c2c1. The zero-order valence-electron chi connectivity index (χ0n) is 21.0. The predicted molar refractivity (Wildman–Crippen MR) is 164 cm³/mol. The van der Waals surface area contributed by atoms with E-state index < -0.39 is 0 Å². The molecule has 0 spiro atoms. The van der Waals surface area contributed by atoms with Gasteiger partial charge in [-0.3, -0.25) is 0 Å². The first-order valence-corrected chi connectivity index (χ1v) is 14.0. The molecule has 4 aromatic heterocycles. The van der Waals surface area contributed by atoms with E-state index in [1.165, 1.54) is 69.6 Å². The second-order valence-corrected chi connectivity index (χ2v) is 11.1. The third kappa shape index (κ3) is 2.84.